The van der Waals surface area contributed by atoms with Crippen LogP contribution >= 0.6 is 0 Å². The SMILES string of the molecule is CNc1n[nH]c(-c2ccccn2)n1. The topological polar surface area (TPSA) is 66.5 Å². The van der Waals surface area contributed by atoms with Crippen LogP contribution in [0.3, 0.4) is 0 Å². The van der Waals surface area contributed by atoms with E-state index >= 15 is 0 Å². The summed E-state index contributed by atoms with van der Waals surface area (Å²) in [5.41, 5.74) is 0.788. The van der Waals surface area contributed by atoms with E-state index in [0.717, 1.165) is 5.69 Å². The molecule has 0 saturated carbocycles. The third-order valence-electron chi connectivity index (χ3n) is 1.62. The molecular weight excluding hydrogens is 166 g/mol. The fraction of sp³-hybridized carbons (Fsp3) is 0.125. The van der Waals surface area contributed by atoms with E-state index in [0.29, 0.717) is 11.8 Å². The maximum atomic E-state index is 4.16. The first-order valence-corrected chi connectivity index (χ1v) is 3.91. The molecule has 0 saturated heterocycles. The van der Waals surface area contributed by atoms with Crippen LogP contribution in [0.2, 0.25) is 0 Å². The Bertz CT molecular complexity index is 380. The highest BCUT2D eigenvalue weighted by Crippen LogP contribution is 2.11. The van der Waals surface area contributed by atoms with E-state index in [1.807, 2.05) is 18.2 Å². The number of aromatic amines is 1. The molecule has 0 aliphatic rings. The van der Waals surface area contributed by atoms with Gasteiger partial charge in [0, 0.05) is 13.2 Å². The number of hydrogen-bond acceptors (Lipinski definition) is 4. The standard InChI is InChI=1S/C8H9N5/c1-9-8-11-7(12-13-8)6-4-2-3-5-10-6/h2-5H,1H3,(H2,9,11,12,13). The zero-order valence-electron chi connectivity index (χ0n) is 7.15. The van der Waals surface area contributed by atoms with Gasteiger partial charge in [0.05, 0.1) is 0 Å². The average molecular weight is 175 g/mol. The molecule has 0 fully saturated rings. The normalized spacial score (nSPS) is 9.92. The van der Waals surface area contributed by atoms with Gasteiger partial charge in [-0.25, -0.2) is 0 Å². The van der Waals surface area contributed by atoms with E-state index in [2.05, 4.69) is 25.5 Å². The van der Waals surface area contributed by atoms with Crippen molar-refractivity contribution < 1.29 is 0 Å². The van der Waals surface area contributed by atoms with Gasteiger partial charge in [-0.2, -0.15) is 4.98 Å². The van der Waals surface area contributed by atoms with Gasteiger partial charge in [-0.15, -0.1) is 5.10 Å². The van der Waals surface area contributed by atoms with Crippen molar-refractivity contribution >= 4 is 5.95 Å². The molecule has 2 aromatic rings. The molecule has 2 aromatic heterocycles. The van der Waals surface area contributed by atoms with Crippen molar-refractivity contribution in [1.82, 2.24) is 20.2 Å². The second-order valence-corrected chi connectivity index (χ2v) is 2.47. The summed E-state index contributed by atoms with van der Waals surface area (Å²) in [6.07, 6.45) is 1.72. The Hall–Kier alpha value is -1.91. The lowest BCUT2D eigenvalue weighted by atomic mass is 10.3. The van der Waals surface area contributed by atoms with Crippen molar-refractivity contribution in [3.8, 4) is 11.5 Å². The molecule has 0 aliphatic heterocycles. The zero-order chi connectivity index (χ0) is 9.10. The quantitative estimate of drug-likeness (QED) is 0.711. The summed E-state index contributed by atoms with van der Waals surface area (Å²) in [6, 6.07) is 5.64. The minimum absolute atomic E-state index is 0.570. The molecule has 13 heavy (non-hydrogen) atoms. The third-order valence-corrected chi connectivity index (χ3v) is 1.62. The molecule has 0 aromatic carbocycles. The number of pyridine rings is 1. The van der Waals surface area contributed by atoms with E-state index in [4.69, 9.17) is 0 Å². The summed E-state index contributed by atoms with van der Waals surface area (Å²) in [4.78, 5) is 8.29. The van der Waals surface area contributed by atoms with Gasteiger partial charge in [0.25, 0.3) is 0 Å². The predicted molar refractivity (Wildman–Crippen MR) is 49.2 cm³/mol. The molecule has 66 valence electrons. The molecule has 0 unspecified atom stereocenters. The fourth-order valence-electron chi connectivity index (χ4n) is 0.991. The lowest BCUT2D eigenvalue weighted by molar-refractivity contribution is 1.08. The van der Waals surface area contributed by atoms with Crippen LogP contribution in [0.1, 0.15) is 0 Å². The Labute approximate surface area is 75.2 Å². The van der Waals surface area contributed by atoms with Crippen molar-refractivity contribution in [2.24, 2.45) is 0 Å². The Kier molecular flexibility index (Phi) is 1.91. The van der Waals surface area contributed by atoms with E-state index < -0.39 is 0 Å². The van der Waals surface area contributed by atoms with Crippen LogP contribution in [0.15, 0.2) is 24.4 Å². The van der Waals surface area contributed by atoms with Crippen molar-refractivity contribution in [3.05, 3.63) is 24.4 Å². The molecule has 0 spiro atoms. The predicted octanol–water partition coefficient (Wildman–Crippen LogP) is 0.908. The molecule has 2 rings (SSSR count). The lowest BCUT2D eigenvalue weighted by Crippen LogP contribution is -1.89. The van der Waals surface area contributed by atoms with Gasteiger partial charge in [-0.1, -0.05) is 6.07 Å². The van der Waals surface area contributed by atoms with Crippen LogP contribution in [0.25, 0.3) is 11.5 Å². The molecule has 0 amide bonds. The second kappa shape index (κ2) is 3.22. The first-order chi connectivity index (χ1) is 6.40. The monoisotopic (exact) mass is 175 g/mol. The minimum Gasteiger partial charge on any atom is -0.356 e. The first kappa shape index (κ1) is 7.72. The largest absolute Gasteiger partial charge is 0.356 e. The molecular formula is C8H9N5. The molecule has 5 heteroatoms. The van der Waals surface area contributed by atoms with Gasteiger partial charge < -0.3 is 5.32 Å². The maximum absolute atomic E-state index is 4.16. The Morgan fingerprint density at radius 3 is 2.92 bits per heavy atom. The van der Waals surface area contributed by atoms with E-state index in [9.17, 15) is 0 Å². The summed E-state index contributed by atoms with van der Waals surface area (Å²) in [5.74, 6) is 1.24. The van der Waals surface area contributed by atoms with E-state index in [1.54, 1.807) is 13.2 Å². The Morgan fingerprint density at radius 2 is 2.31 bits per heavy atom. The van der Waals surface area contributed by atoms with Gasteiger partial charge in [-0.05, 0) is 12.1 Å². The average Bonchev–Trinajstić information content (AvgIpc) is 2.67. The van der Waals surface area contributed by atoms with Crippen LogP contribution in [-0.4, -0.2) is 27.2 Å². The Morgan fingerprint density at radius 1 is 1.38 bits per heavy atom. The molecule has 0 bridgehead atoms. The number of hydrogen-bond donors (Lipinski definition) is 2. The second-order valence-electron chi connectivity index (χ2n) is 2.47. The van der Waals surface area contributed by atoms with Gasteiger partial charge in [-0.3, -0.25) is 10.1 Å². The van der Waals surface area contributed by atoms with Crippen molar-refractivity contribution in [2.75, 3.05) is 12.4 Å². The van der Waals surface area contributed by atoms with Crippen LogP contribution in [0.5, 0.6) is 0 Å². The fourth-order valence-corrected chi connectivity index (χ4v) is 0.991. The summed E-state index contributed by atoms with van der Waals surface area (Å²) < 4.78 is 0. The molecule has 0 atom stereocenters. The third kappa shape index (κ3) is 1.48. The number of aromatic nitrogens is 4. The summed E-state index contributed by atoms with van der Waals surface area (Å²) in [5, 5.41) is 9.55. The Balaban J connectivity index is 2.36. The zero-order valence-corrected chi connectivity index (χ0v) is 7.15. The van der Waals surface area contributed by atoms with Crippen LogP contribution in [0.4, 0.5) is 5.95 Å². The van der Waals surface area contributed by atoms with Crippen molar-refractivity contribution in [2.45, 2.75) is 0 Å². The highest BCUT2D eigenvalue weighted by molar-refractivity contribution is 5.49. The smallest absolute Gasteiger partial charge is 0.242 e. The van der Waals surface area contributed by atoms with Crippen molar-refractivity contribution in [1.29, 1.82) is 0 Å². The van der Waals surface area contributed by atoms with Gasteiger partial charge in [0.15, 0.2) is 5.82 Å². The van der Waals surface area contributed by atoms with E-state index in [1.165, 1.54) is 0 Å². The molecule has 2 heterocycles. The lowest BCUT2D eigenvalue weighted by Gasteiger charge is -1.91. The summed E-state index contributed by atoms with van der Waals surface area (Å²) >= 11 is 0. The van der Waals surface area contributed by atoms with Gasteiger partial charge >= 0.3 is 0 Å². The summed E-state index contributed by atoms with van der Waals surface area (Å²) in [6.45, 7) is 0. The van der Waals surface area contributed by atoms with Crippen LogP contribution < -0.4 is 5.32 Å². The summed E-state index contributed by atoms with van der Waals surface area (Å²) in [7, 11) is 1.77. The highest BCUT2D eigenvalue weighted by Gasteiger charge is 2.03. The molecule has 2 N–H and O–H groups in total. The molecule has 0 radical (unpaired) electrons. The van der Waals surface area contributed by atoms with Crippen LogP contribution in [0, 0.1) is 0 Å². The number of rotatable bonds is 2. The number of nitrogens with one attached hydrogen (secondary N) is 2. The van der Waals surface area contributed by atoms with Crippen molar-refractivity contribution in [3.63, 3.8) is 0 Å². The maximum Gasteiger partial charge on any atom is 0.242 e. The number of H-pyrrole nitrogens is 1. The van der Waals surface area contributed by atoms with Gasteiger partial charge in [0.2, 0.25) is 5.95 Å². The highest BCUT2D eigenvalue weighted by atomic mass is 15.3. The van der Waals surface area contributed by atoms with Crippen LogP contribution in [-0.2, 0) is 0 Å². The molecule has 5 nitrogen and oxygen atoms in total. The number of nitrogens with zero attached hydrogens (tertiary/aromatic N) is 3. The minimum atomic E-state index is 0.570. The van der Waals surface area contributed by atoms with E-state index in [-0.39, 0.29) is 0 Å². The first-order valence-electron chi connectivity index (χ1n) is 3.91. The van der Waals surface area contributed by atoms with Gasteiger partial charge in [0.1, 0.15) is 5.69 Å². The number of anilines is 1. The molecule has 0 aliphatic carbocycles.